The summed E-state index contributed by atoms with van der Waals surface area (Å²) < 4.78 is 9.85. The van der Waals surface area contributed by atoms with Crippen LogP contribution in [-0.2, 0) is 24.2 Å². The van der Waals surface area contributed by atoms with Crippen LogP contribution in [0, 0.1) is 0 Å². The maximum atomic E-state index is 5.43. The minimum Gasteiger partial charge on any atom is -0.379 e. The summed E-state index contributed by atoms with van der Waals surface area (Å²) in [5.41, 5.74) is 2.63. The van der Waals surface area contributed by atoms with Gasteiger partial charge in [-0.2, -0.15) is 4.37 Å². The van der Waals surface area contributed by atoms with Crippen LogP contribution in [-0.4, -0.2) is 84.6 Å². The van der Waals surface area contributed by atoms with Crippen LogP contribution >= 0.6 is 35.5 Å². The number of hydrogen-bond acceptors (Lipinski definition) is 7. The number of piperazine rings is 1. The molecule has 0 aliphatic carbocycles. The second-order valence-electron chi connectivity index (χ2n) is 7.93. The highest BCUT2D eigenvalue weighted by molar-refractivity contribution is 14.0. The molecule has 1 N–H and O–H groups in total. The third-order valence-electron chi connectivity index (χ3n) is 5.82. The number of anilines is 1. The summed E-state index contributed by atoms with van der Waals surface area (Å²) in [7, 11) is 1.86. The fraction of sp³-hybridized carbons (Fsp3) is 0.591. The highest BCUT2D eigenvalue weighted by Gasteiger charge is 2.22. The summed E-state index contributed by atoms with van der Waals surface area (Å²) >= 11 is 1.51. The lowest BCUT2D eigenvalue weighted by atomic mass is 10.1. The van der Waals surface area contributed by atoms with E-state index in [9.17, 15) is 0 Å². The highest BCUT2D eigenvalue weighted by atomic mass is 127. The first-order valence-electron chi connectivity index (χ1n) is 11.2. The molecule has 0 atom stereocenters. The Kier molecular flexibility index (Phi) is 9.94. The lowest BCUT2D eigenvalue weighted by molar-refractivity contribution is 0.0342. The van der Waals surface area contributed by atoms with Gasteiger partial charge in [-0.3, -0.25) is 9.89 Å². The van der Waals surface area contributed by atoms with Crippen LogP contribution in [0.5, 0.6) is 0 Å². The Labute approximate surface area is 212 Å². The Morgan fingerprint density at radius 2 is 1.75 bits per heavy atom. The van der Waals surface area contributed by atoms with E-state index in [1.54, 1.807) is 0 Å². The van der Waals surface area contributed by atoms with Gasteiger partial charge in [-0.15, -0.1) is 24.0 Å². The van der Waals surface area contributed by atoms with E-state index in [1.165, 1.54) is 22.7 Å². The number of rotatable bonds is 6. The SMILES string of the molecule is CCc1nsc(N2CCN(C(=NC)NCc3ccc(CN4CCOCC4)cc3)CC2)n1.I. The van der Waals surface area contributed by atoms with E-state index < -0.39 is 0 Å². The molecule has 2 saturated heterocycles. The predicted molar refractivity (Wildman–Crippen MR) is 141 cm³/mol. The van der Waals surface area contributed by atoms with E-state index in [0.717, 1.165) is 88.9 Å². The summed E-state index contributed by atoms with van der Waals surface area (Å²) in [4.78, 5) is 16.2. The topological polar surface area (TPSA) is 69.1 Å². The number of benzene rings is 1. The number of aromatic nitrogens is 2. The molecule has 1 aromatic carbocycles. The van der Waals surface area contributed by atoms with Crippen molar-refractivity contribution in [3.8, 4) is 0 Å². The fourth-order valence-corrected chi connectivity index (χ4v) is 4.72. The van der Waals surface area contributed by atoms with Gasteiger partial charge in [0.2, 0.25) is 5.13 Å². The third-order valence-corrected chi connectivity index (χ3v) is 6.63. The normalized spacial score (nSPS) is 17.9. The lowest BCUT2D eigenvalue weighted by Gasteiger charge is -2.36. The quantitative estimate of drug-likeness (QED) is 0.325. The molecule has 2 aliphatic rings. The number of nitrogens with one attached hydrogen (secondary N) is 1. The van der Waals surface area contributed by atoms with Crippen LogP contribution in [0.3, 0.4) is 0 Å². The second-order valence-corrected chi connectivity index (χ2v) is 8.66. The van der Waals surface area contributed by atoms with E-state index in [4.69, 9.17) is 4.74 Å². The first-order chi connectivity index (χ1) is 15.2. The monoisotopic (exact) mass is 571 g/mol. The van der Waals surface area contributed by atoms with Gasteiger partial charge >= 0.3 is 0 Å². The van der Waals surface area contributed by atoms with Crippen LogP contribution in [0.4, 0.5) is 5.13 Å². The van der Waals surface area contributed by atoms with Crippen molar-refractivity contribution in [1.29, 1.82) is 0 Å². The minimum absolute atomic E-state index is 0. The van der Waals surface area contributed by atoms with Crippen LogP contribution in [0.1, 0.15) is 23.9 Å². The van der Waals surface area contributed by atoms with Crippen LogP contribution < -0.4 is 10.2 Å². The zero-order valence-corrected chi connectivity index (χ0v) is 22.1. The Morgan fingerprint density at radius 1 is 1.06 bits per heavy atom. The molecule has 3 heterocycles. The number of hydrogen-bond donors (Lipinski definition) is 1. The third kappa shape index (κ3) is 6.75. The van der Waals surface area contributed by atoms with Gasteiger partial charge in [0.1, 0.15) is 5.82 Å². The molecule has 2 aromatic rings. The maximum absolute atomic E-state index is 5.43. The molecule has 0 amide bonds. The number of nitrogens with zero attached hydrogens (tertiary/aromatic N) is 6. The molecule has 0 bridgehead atoms. The van der Waals surface area contributed by atoms with Gasteiger partial charge < -0.3 is 19.9 Å². The lowest BCUT2D eigenvalue weighted by Crippen LogP contribution is -2.52. The van der Waals surface area contributed by atoms with Crippen LogP contribution in [0.2, 0.25) is 0 Å². The van der Waals surface area contributed by atoms with Crippen molar-refractivity contribution < 1.29 is 4.74 Å². The zero-order valence-electron chi connectivity index (χ0n) is 19.0. The number of ether oxygens (including phenoxy) is 1. The average molecular weight is 572 g/mol. The summed E-state index contributed by atoms with van der Waals surface area (Å²) in [5.74, 6) is 1.90. The maximum Gasteiger partial charge on any atom is 0.205 e. The molecule has 0 spiro atoms. The summed E-state index contributed by atoms with van der Waals surface area (Å²) in [6, 6.07) is 8.91. The molecule has 32 heavy (non-hydrogen) atoms. The van der Waals surface area contributed by atoms with Crippen molar-refractivity contribution in [3.05, 3.63) is 41.2 Å². The fourth-order valence-electron chi connectivity index (χ4n) is 3.92. The Bertz CT molecular complexity index is 846. The Hall–Kier alpha value is -1.50. The van der Waals surface area contributed by atoms with Gasteiger partial charge in [-0.25, -0.2) is 4.98 Å². The predicted octanol–water partition coefficient (Wildman–Crippen LogP) is 2.45. The molecule has 0 radical (unpaired) electrons. The minimum atomic E-state index is 0. The molecule has 4 rings (SSSR count). The smallest absolute Gasteiger partial charge is 0.205 e. The number of aryl methyl sites for hydroxylation is 1. The molecule has 0 unspecified atom stereocenters. The van der Waals surface area contributed by atoms with Gasteiger partial charge in [0.05, 0.1) is 13.2 Å². The largest absolute Gasteiger partial charge is 0.379 e. The van der Waals surface area contributed by atoms with E-state index in [0.29, 0.717) is 0 Å². The number of morpholine rings is 1. The van der Waals surface area contributed by atoms with Gasteiger partial charge in [0.15, 0.2) is 5.96 Å². The molecular formula is C22H34IN7OS. The van der Waals surface area contributed by atoms with Crippen molar-refractivity contribution in [3.63, 3.8) is 0 Å². The van der Waals surface area contributed by atoms with Gasteiger partial charge in [-0.05, 0) is 11.1 Å². The van der Waals surface area contributed by atoms with Crippen molar-refractivity contribution in [2.24, 2.45) is 4.99 Å². The summed E-state index contributed by atoms with van der Waals surface area (Å²) in [5, 5.41) is 4.57. The number of aliphatic imine (C=N–C) groups is 1. The van der Waals surface area contributed by atoms with Crippen LogP contribution in [0.15, 0.2) is 29.3 Å². The highest BCUT2D eigenvalue weighted by Crippen LogP contribution is 2.19. The summed E-state index contributed by atoms with van der Waals surface area (Å²) in [6.45, 7) is 11.3. The first-order valence-corrected chi connectivity index (χ1v) is 11.9. The Morgan fingerprint density at radius 3 is 2.38 bits per heavy atom. The molecule has 176 valence electrons. The molecule has 0 saturated carbocycles. The van der Waals surface area contributed by atoms with E-state index >= 15 is 0 Å². The Balaban J connectivity index is 0.00000289. The molecule has 2 fully saturated rings. The average Bonchev–Trinajstić information content (AvgIpc) is 3.31. The van der Waals surface area contributed by atoms with Crippen molar-refractivity contribution in [2.45, 2.75) is 26.4 Å². The van der Waals surface area contributed by atoms with Crippen LogP contribution in [0.25, 0.3) is 0 Å². The van der Waals surface area contributed by atoms with E-state index in [-0.39, 0.29) is 24.0 Å². The van der Waals surface area contributed by atoms with Crippen molar-refractivity contribution in [1.82, 2.24) is 24.5 Å². The van der Waals surface area contributed by atoms with E-state index in [2.05, 4.69) is 65.6 Å². The van der Waals surface area contributed by atoms with Gasteiger partial charge in [0.25, 0.3) is 0 Å². The van der Waals surface area contributed by atoms with Gasteiger partial charge in [0, 0.05) is 77.4 Å². The summed E-state index contributed by atoms with van der Waals surface area (Å²) in [6.07, 6.45) is 0.890. The number of halogens is 1. The zero-order chi connectivity index (χ0) is 21.5. The molecule has 2 aliphatic heterocycles. The molecular weight excluding hydrogens is 537 g/mol. The molecule has 1 aromatic heterocycles. The van der Waals surface area contributed by atoms with E-state index in [1.807, 2.05) is 7.05 Å². The first kappa shape index (κ1) is 25.1. The van der Waals surface area contributed by atoms with Crippen molar-refractivity contribution >= 4 is 46.6 Å². The van der Waals surface area contributed by atoms with Crippen molar-refractivity contribution in [2.75, 3.05) is 64.4 Å². The van der Waals surface area contributed by atoms with Gasteiger partial charge in [-0.1, -0.05) is 31.2 Å². The second kappa shape index (κ2) is 12.7. The standard InChI is InChI=1S/C22H33N7OS.HI/c1-3-20-25-22(31-26-20)29-10-8-28(9-11-29)21(23-2)24-16-18-4-6-19(7-5-18)17-27-12-14-30-15-13-27;/h4-7H,3,8-17H2,1-2H3,(H,23,24);1H. The number of guanidine groups is 1. The molecule has 10 heteroatoms. The molecule has 8 nitrogen and oxygen atoms in total.